The largest absolute Gasteiger partial charge is 0.327 e. The fourth-order valence-electron chi connectivity index (χ4n) is 2.87. The highest BCUT2D eigenvalue weighted by Crippen LogP contribution is 2.32. The normalized spacial score (nSPS) is 25.8. The predicted octanol–water partition coefficient (Wildman–Crippen LogP) is 3.32. The van der Waals surface area contributed by atoms with E-state index in [1.807, 2.05) is 11.3 Å². The highest BCUT2D eigenvalue weighted by molar-refractivity contribution is 7.12. The maximum Gasteiger partial charge on any atom is 0.0416 e. The van der Waals surface area contributed by atoms with Crippen LogP contribution in [-0.2, 0) is 0 Å². The molecule has 1 fully saturated rings. The van der Waals surface area contributed by atoms with Gasteiger partial charge in [-0.05, 0) is 52.3 Å². The van der Waals surface area contributed by atoms with Crippen LogP contribution >= 0.6 is 11.3 Å². The van der Waals surface area contributed by atoms with E-state index in [9.17, 15) is 0 Å². The first-order valence-electron chi connectivity index (χ1n) is 6.67. The smallest absolute Gasteiger partial charge is 0.0416 e. The molecule has 1 aliphatic heterocycles. The molecule has 3 unspecified atom stereocenters. The summed E-state index contributed by atoms with van der Waals surface area (Å²) in [6, 6.07) is 5.85. The maximum absolute atomic E-state index is 6.14. The number of thiophene rings is 1. The average Bonchev–Trinajstić information content (AvgIpc) is 2.75. The van der Waals surface area contributed by atoms with E-state index in [1.165, 1.54) is 35.6 Å². The van der Waals surface area contributed by atoms with Gasteiger partial charge in [0.05, 0.1) is 0 Å². The van der Waals surface area contributed by atoms with E-state index >= 15 is 0 Å². The van der Waals surface area contributed by atoms with E-state index < -0.39 is 0 Å². The second kappa shape index (κ2) is 5.51. The minimum atomic E-state index is 0.277. The van der Waals surface area contributed by atoms with Crippen molar-refractivity contribution in [2.75, 3.05) is 6.54 Å². The fraction of sp³-hybridized carbons (Fsp3) is 0.714. The Hall–Kier alpha value is -0.380. The Morgan fingerprint density at radius 2 is 2.12 bits per heavy atom. The Labute approximate surface area is 109 Å². The quantitative estimate of drug-likeness (QED) is 0.894. The second-order valence-electron chi connectivity index (χ2n) is 5.28. The van der Waals surface area contributed by atoms with Gasteiger partial charge in [-0.2, -0.15) is 0 Å². The number of aryl methyl sites for hydroxylation is 1. The van der Waals surface area contributed by atoms with Gasteiger partial charge in [-0.3, -0.25) is 4.90 Å². The molecule has 3 heteroatoms. The summed E-state index contributed by atoms with van der Waals surface area (Å²) >= 11 is 1.92. The first-order chi connectivity index (χ1) is 8.09. The molecule has 17 heavy (non-hydrogen) atoms. The number of rotatable bonds is 3. The van der Waals surface area contributed by atoms with Crippen molar-refractivity contribution in [1.82, 2.24) is 4.90 Å². The average molecular weight is 252 g/mol. The van der Waals surface area contributed by atoms with Crippen LogP contribution in [0.3, 0.4) is 0 Å². The summed E-state index contributed by atoms with van der Waals surface area (Å²) < 4.78 is 0. The molecule has 0 bridgehead atoms. The molecule has 1 aliphatic rings. The van der Waals surface area contributed by atoms with Crippen molar-refractivity contribution in [2.24, 2.45) is 5.73 Å². The SMILES string of the molecule is Cc1ccc(C(C)N2CCCCC2C(C)N)s1. The lowest BCUT2D eigenvalue weighted by Crippen LogP contribution is -2.49. The van der Waals surface area contributed by atoms with Crippen LogP contribution in [-0.4, -0.2) is 23.5 Å². The van der Waals surface area contributed by atoms with Crippen molar-refractivity contribution in [1.29, 1.82) is 0 Å². The van der Waals surface area contributed by atoms with E-state index in [0.29, 0.717) is 12.1 Å². The number of hydrogen-bond donors (Lipinski definition) is 1. The molecule has 2 heterocycles. The first-order valence-corrected chi connectivity index (χ1v) is 7.49. The highest BCUT2D eigenvalue weighted by Gasteiger charge is 2.29. The van der Waals surface area contributed by atoms with E-state index in [0.717, 1.165) is 0 Å². The molecule has 2 nitrogen and oxygen atoms in total. The number of nitrogens with two attached hydrogens (primary N) is 1. The summed E-state index contributed by atoms with van der Waals surface area (Å²) in [4.78, 5) is 5.50. The molecule has 1 aromatic rings. The summed E-state index contributed by atoms with van der Waals surface area (Å²) in [7, 11) is 0. The minimum absolute atomic E-state index is 0.277. The Bertz CT molecular complexity index is 359. The summed E-state index contributed by atoms with van der Waals surface area (Å²) in [6.07, 6.45) is 3.91. The first kappa shape index (κ1) is 13.1. The van der Waals surface area contributed by atoms with Crippen LogP contribution in [0.1, 0.15) is 48.9 Å². The van der Waals surface area contributed by atoms with Gasteiger partial charge < -0.3 is 5.73 Å². The third-order valence-electron chi connectivity index (χ3n) is 3.87. The number of hydrogen-bond acceptors (Lipinski definition) is 3. The zero-order valence-electron chi connectivity index (χ0n) is 11.1. The molecule has 0 saturated carbocycles. The molecule has 0 aliphatic carbocycles. The summed E-state index contributed by atoms with van der Waals surface area (Å²) in [5.41, 5.74) is 6.14. The lowest BCUT2D eigenvalue weighted by Gasteiger charge is -2.41. The molecule has 1 aromatic heterocycles. The Kier molecular flexibility index (Phi) is 4.23. The van der Waals surface area contributed by atoms with Gasteiger partial charge in [0.25, 0.3) is 0 Å². The topological polar surface area (TPSA) is 29.3 Å². The van der Waals surface area contributed by atoms with Gasteiger partial charge in [0, 0.05) is 27.9 Å². The highest BCUT2D eigenvalue weighted by atomic mass is 32.1. The Morgan fingerprint density at radius 1 is 1.35 bits per heavy atom. The van der Waals surface area contributed by atoms with Crippen molar-refractivity contribution >= 4 is 11.3 Å². The molecule has 1 saturated heterocycles. The molecule has 3 atom stereocenters. The minimum Gasteiger partial charge on any atom is -0.327 e. The van der Waals surface area contributed by atoms with Crippen molar-refractivity contribution in [3.8, 4) is 0 Å². The van der Waals surface area contributed by atoms with Crippen LogP contribution in [0.5, 0.6) is 0 Å². The van der Waals surface area contributed by atoms with Gasteiger partial charge in [0.15, 0.2) is 0 Å². The molecule has 0 aromatic carbocycles. The zero-order valence-corrected chi connectivity index (χ0v) is 12.0. The molecule has 0 amide bonds. The third-order valence-corrected chi connectivity index (χ3v) is 5.04. The van der Waals surface area contributed by atoms with Crippen molar-refractivity contribution in [2.45, 2.75) is 58.2 Å². The van der Waals surface area contributed by atoms with Crippen LogP contribution in [0.2, 0.25) is 0 Å². The van der Waals surface area contributed by atoms with Gasteiger partial charge >= 0.3 is 0 Å². The predicted molar refractivity (Wildman–Crippen MR) is 75.5 cm³/mol. The maximum atomic E-state index is 6.14. The number of nitrogens with zero attached hydrogens (tertiary/aromatic N) is 1. The zero-order chi connectivity index (χ0) is 12.4. The van der Waals surface area contributed by atoms with Crippen molar-refractivity contribution < 1.29 is 0 Å². The van der Waals surface area contributed by atoms with E-state index in [2.05, 4.69) is 37.8 Å². The van der Waals surface area contributed by atoms with Gasteiger partial charge in [0.2, 0.25) is 0 Å². The Balaban J connectivity index is 2.13. The molecule has 0 spiro atoms. The summed E-state index contributed by atoms with van der Waals surface area (Å²) in [5, 5.41) is 0. The molecule has 0 radical (unpaired) electrons. The second-order valence-corrected chi connectivity index (χ2v) is 6.60. The lowest BCUT2D eigenvalue weighted by molar-refractivity contribution is 0.0906. The fourth-order valence-corrected chi connectivity index (χ4v) is 3.82. The van der Waals surface area contributed by atoms with Crippen LogP contribution < -0.4 is 5.73 Å². The third kappa shape index (κ3) is 2.90. The van der Waals surface area contributed by atoms with Crippen LogP contribution in [0, 0.1) is 6.92 Å². The number of likely N-dealkylation sites (tertiary alicyclic amines) is 1. The van der Waals surface area contributed by atoms with Crippen molar-refractivity contribution in [3.63, 3.8) is 0 Å². The van der Waals surface area contributed by atoms with Gasteiger partial charge in [-0.25, -0.2) is 0 Å². The molecular weight excluding hydrogens is 228 g/mol. The van der Waals surface area contributed by atoms with Gasteiger partial charge in [-0.15, -0.1) is 11.3 Å². The number of piperidine rings is 1. The standard InChI is InChI=1S/C14H24N2S/c1-10-7-8-14(17-10)12(3)16-9-5-4-6-13(16)11(2)15/h7-8,11-13H,4-6,9,15H2,1-3H3. The van der Waals surface area contributed by atoms with E-state index in [-0.39, 0.29) is 6.04 Å². The molecule has 2 rings (SSSR count). The summed E-state index contributed by atoms with van der Waals surface area (Å²) in [5.74, 6) is 0. The van der Waals surface area contributed by atoms with Crippen molar-refractivity contribution in [3.05, 3.63) is 21.9 Å². The van der Waals surface area contributed by atoms with Crippen LogP contribution in [0.15, 0.2) is 12.1 Å². The molecular formula is C14H24N2S. The molecule has 2 N–H and O–H groups in total. The summed E-state index contributed by atoms with van der Waals surface area (Å²) in [6.45, 7) is 7.85. The monoisotopic (exact) mass is 252 g/mol. The molecule has 96 valence electrons. The van der Waals surface area contributed by atoms with Gasteiger partial charge in [0.1, 0.15) is 0 Å². The van der Waals surface area contributed by atoms with Crippen LogP contribution in [0.25, 0.3) is 0 Å². The van der Waals surface area contributed by atoms with Gasteiger partial charge in [-0.1, -0.05) is 6.42 Å². The Morgan fingerprint density at radius 3 is 2.71 bits per heavy atom. The van der Waals surface area contributed by atoms with E-state index in [4.69, 9.17) is 5.73 Å². The van der Waals surface area contributed by atoms with Crippen LogP contribution in [0.4, 0.5) is 0 Å². The van der Waals surface area contributed by atoms with E-state index in [1.54, 1.807) is 0 Å². The lowest BCUT2D eigenvalue weighted by atomic mass is 9.95.